The number of halogens is 2. The van der Waals surface area contributed by atoms with Crippen molar-refractivity contribution in [3.05, 3.63) is 65.4 Å². The van der Waals surface area contributed by atoms with Gasteiger partial charge in [-0.25, -0.2) is 8.78 Å². The highest BCUT2D eigenvalue weighted by atomic mass is 19.3. The van der Waals surface area contributed by atoms with Gasteiger partial charge in [0.25, 0.3) is 11.8 Å². The predicted octanol–water partition coefficient (Wildman–Crippen LogP) is 3.36. The molecular weight excluding hydrogens is 404 g/mol. The molecule has 3 aromatic rings. The summed E-state index contributed by atoms with van der Waals surface area (Å²) in [6, 6.07) is 13.9. The van der Waals surface area contributed by atoms with Crippen LogP contribution in [0, 0.1) is 5.92 Å². The molecule has 0 saturated carbocycles. The number of ketones is 1. The first kappa shape index (κ1) is 21.0. The van der Waals surface area contributed by atoms with E-state index in [0.29, 0.717) is 6.54 Å². The molecule has 2 heterocycles. The van der Waals surface area contributed by atoms with Crippen molar-refractivity contribution in [3.63, 3.8) is 0 Å². The molecular formula is C23H23F2N3O3. The summed E-state index contributed by atoms with van der Waals surface area (Å²) >= 11 is 0. The molecule has 1 aliphatic carbocycles. The van der Waals surface area contributed by atoms with Gasteiger partial charge in [0.05, 0.1) is 18.7 Å². The Bertz CT molecular complexity index is 1130. The van der Waals surface area contributed by atoms with E-state index in [1.54, 1.807) is 17.0 Å². The average molecular weight is 427 g/mol. The topological polar surface area (TPSA) is 99.4 Å². The van der Waals surface area contributed by atoms with Crippen molar-refractivity contribution in [1.82, 2.24) is 9.88 Å². The highest BCUT2D eigenvalue weighted by Crippen LogP contribution is 2.34. The van der Waals surface area contributed by atoms with Gasteiger partial charge in [-0.1, -0.05) is 30.3 Å². The Balaban J connectivity index is 0.000000196. The number of carbonyl (C=O) groups is 2. The molecule has 2 aliphatic rings. The van der Waals surface area contributed by atoms with Crippen LogP contribution in [0.1, 0.15) is 32.8 Å². The molecule has 6 nitrogen and oxygen atoms in total. The Hall–Kier alpha value is -3.26. The van der Waals surface area contributed by atoms with Gasteiger partial charge in [-0.3, -0.25) is 14.5 Å². The number of likely N-dealkylation sites (tertiary alicyclic amines) is 1. The second kappa shape index (κ2) is 8.11. The van der Waals surface area contributed by atoms with Gasteiger partial charge in [-0.05, 0) is 31.0 Å². The van der Waals surface area contributed by atoms with Crippen molar-refractivity contribution in [1.29, 1.82) is 0 Å². The van der Waals surface area contributed by atoms with E-state index in [-0.39, 0.29) is 36.1 Å². The van der Waals surface area contributed by atoms with E-state index in [0.717, 1.165) is 35.0 Å². The number of alkyl halides is 2. The lowest BCUT2D eigenvalue weighted by Gasteiger charge is -2.40. The van der Waals surface area contributed by atoms with Crippen LogP contribution in [0.25, 0.3) is 10.9 Å². The predicted molar refractivity (Wildman–Crippen MR) is 112 cm³/mol. The Morgan fingerprint density at radius 1 is 1.16 bits per heavy atom. The van der Waals surface area contributed by atoms with E-state index < -0.39 is 11.8 Å². The summed E-state index contributed by atoms with van der Waals surface area (Å²) in [5.74, 6) is -3.31. The first-order valence-corrected chi connectivity index (χ1v) is 10.1. The third-order valence-electron chi connectivity index (χ3n) is 5.70. The maximum absolute atomic E-state index is 12.9. The number of carbonyl (C=O) groups excluding carboxylic acids is 2. The Morgan fingerprint density at radius 3 is 2.48 bits per heavy atom. The highest BCUT2D eigenvalue weighted by Gasteiger charge is 2.45. The summed E-state index contributed by atoms with van der Waals surface area (Å²) < 4.78 is 25.8. The van der Waals surface area contributed by atoms with Gasteiger partial charge < -0.3 is 15.8 Å². The lowest BCUT2D eigenvalue weighted by Crippen LogP contribution is -2.57. The zero-order valence-electron chi connectivity index (χ0n) is 16.8. The molecule has 162 valence electrons. The number of phenols is 1. The number of fused-ring (bicyclic) bond motifs is 3. The number of H-pyrrole nitrogens is 1. The van der Waals surface area contributed by atoms with Crippen LogP contribution in [0.3, 0.4) is 0 Å². The molecule has 1 saturated heterocycles. The number of amides is 1. The van der Waals surface area contributed by atoms with Crippen LogP contribution < -0.4 is 5.73 Å². The number of Topliss-reactive ketones (excluding diaryl/α,β-unsaturated/α-hetero) is 1. The second-order valence-electron chi connectivity index (χ2n) is 8.03. The van der Waals surface area contributed by atoms with E-state index in [9.17, 15) is 18.4 Å². The molecule has 8 heteroatoms. The van der Waals surface area contributed by atoms with Gasteiger partial charge in [0, 0.05) is 34.6 Å². The lowest BCUT2D eigenvalue weighted by molar-refractivity contribution is -0.133. The van der Waals surface area contributed by atoms with Crippen molar-refractivity contribution in [2.45, 2.75) is 18.8 Å². The molecule has 0 spiro atoms. The lowest BCUT2D eigenvalue weighted by atomic mass is 9.84. The summed E-state index contributed by atoms with van der Waals surface area (Å²) in [5.41, 5.74) is 7.81. The molecule has 1 aromatic heterocycles. The van der Waals surface area contributed by atoms with Crippen molar-refractivity contribution in [2.24, 2.45) is 11.7 Å². The minimum Gasteiger partial charge on any atom is -0.507 e. The van der Waals surface area contributed by atoms with Crippen molar-refractivity contribution in [3.8, 4) is 5.75 Å². The minimum absolute atomic E-state index is 0.0741. The fourth-order valence-corrected chi connectivity index (χ4v) is 4.23. The van der Waals surface area contributed by atoms with Gasteiger partial charge in [0.1, 0.15) is 5.75 Å². The van der Waals surface area contributed by atoms with E-state index in [1.807, 2.05) is 24.3 Å². The van der Waals surface area contributed by atoms with Gasteiger partial charge in [-0.15, -0.1) is 0 Å². The number of nitrogens with one attached hydrogen (secondary N) is 1. The molecule has 1 fully saturated rings. The summed E-state index contributed by atoms with van der Waals surface area (Å²) in [5, 5.41) is 9.93. The normalized spacial score (nSPS) is 19.8. The molecule has 1 amide bonds. The number of aromatic amines is 1. The van der Waals surface area contributed by atoms with Crippen molar-refractivity contribution in [2.75, 3.05) is 19.6 Å². The van der Waals surface area contributed by atoms with Crippen LogP contribution in [0.5, 0.6) is 5.75 Å². The standard InChI is InChI=1S/C16H16F2N2O.C7H7NO2/c17-16(18)8-20(9-16)7-10-5-6-13-14(15(10)21)11-3-1-2-4-12(11)19-13;8-7(10)5-3-1-2-4-6(5)9/h1-4,10,19H,5-9H2;1-4,9H,(H2,8,10). The van der Waals surface area contributed by atoms with Crippen molar-refractivity contribution < 1.29 is 23.5 Å². The molecule has 31 heavy (non-hydrogen) atoms. The molecule has 1 unspecified atom stereocenters. The van der Waals surface area contributed by atoms with Crippen LogP contribution >= 0.6 is 0 Å². The fraction of sp³-hybridized carbons (Fsp3) is 0.304. The maximum atomic E-state index is 12.9. The maximum Gasteiger partial charge on any atom is 0.272 e. The smallest absolute Gasteiger partial charge is 0.272 e. The summed E-state index contributed by atoms with van der Waals surface area (Å²) in [4.78, 5) is 28.2. The number of aromatic hydroxyl groups is 1. The number of aryl methyl sites for hydroxylation is 1. The Morgan fingerprint density at radius 2 is 1.84 bits per heavy atom. The number of hydrogen-bond acceptors (Lipinski definition) is 4. The third kappa shape index (κ3) is 4.29. The Kier molecular flexibility index (Phi) is 5.49. The van der Waals surface area contributed by atoms with E-state index in [2.05, 4.69) is 4.98 Å². The van der Waals surface area contributed by atoms with Crippen LogP contribution in [0.15, 0.2) is 48.5 Å². The van der Waals surface area contributed by atoms with E-state index in [1.165, 1.54) is 12.1 Å². The van der Waals surface area contributed by atoms with Crippen LogP contribution in [-0.4, -0.2) is 52.2 Å². The van der Waals surface area contributed by atoms with Crippen LogP contribution in [0.2, 0.25) is 0 Å². The van der Waals surface area contributed by atoms with Gasteiger partial charge in [-0.2, -0.15) is 0 Å². The number of nitrogens with two attached hydrogens (primary N) is 1. The molecule has 2 aromatic carbocycles. The third-order valence-corrected chi connectivity index (χ3v) is 5.70. The van der Waals surface area contributed by atoms with Crippen LogP contribution in [0.4, 0.5) is 8.78 Å². The summed E-state index contributed by atoms with van der Waals surface area (Å²) in [7, 11) is 0. The minimum atomic E-state index is -2.57. The molecule has 4 N–H and O–H groups in total. The molecule has 1 atom stereocenters. The van der Waals surface area contributed by atoms with Gasteiger partial charge in [0.15, 0.2) is 5.78 Å². The molecule has 1 aliphatic heterocycles. The second-order valence-corrected chi connectivity index (χ2v) is 8.03. The van der Waals surface area contributed by atoms with E-state index >= 15 is 0 Å². The highest BCUT2D eigenvalue weighted by molar-refractivity contribution is 6.11. The molecule has 0 radical (unpaired) electrons. The number of rotatable bonds is 3. The first-order chi connectivity index (χ1) is 14.7. The largest absolute Gasteiger partial charge is 0.507 e. The zero-order valence-corrected chi connectivity index (χ0v) is 16.8. The number of benzene rings is 2. The number of nitrogens with zero attached hydrogens (tertiary/aromatic N) is 1. The number of aromatic nitrogens is 1. The first-order valence-electron chi connectivity index (χ1n) is 10.1. The number of para-hydroxylation sites is 2. The Labute approximate surface area is 177 Å². The number of primary amides is 1. The average Bonchev–Trinajstić information content (AvgIpc) is 3.08. The quantitative estimate of drug-likeness (QED) is 0.597. The summed E-state index contributed by atoms with van der Waals surface area (Å²) in [6.07, 6.45) is 1.55. The monoisotopic (exact) mass is 427 g/mol. The fourth-order valence-electron chi connectivity index (χ4n) is 4.23. The zero-order chi connectivity index (χ0) is 22.2. The molecule has 5 rings (SSSR count). The SMILES string of the molecule is NC(=O)c1ccccc1O.O=C1c2c([nH]c3ccccc23)CCC1CN1CC(F)(F)C1. The van der Waals surface area contributed by atoms with Gasteiger partial charge >= 0.3 is 0 Å². The van der Waals surface area contributed by atoms with Crippen LogP contribution in [-0.2, 0) is 6.42 Å². The van der Waals surface area contributed by atoms with Gasteiger partial charge in [0.2, 0.25) is 0 Å². The summed E-state index contributed by atoms with van der Waals surface area (Å²) in [6.45, 7) is 0.0302. The number of hydrogen-bond donors (Lipinski definition) is 3. The van der Waals surface area contributed by atoms with E-state index in [4.69, 9.17) is 10.8 Å². The molecule has 0 bridgehead atoms. The van der Waals surface area contributed by atoms with Crippen molar-refractivity contribution >= 4 is 22.6 Å².